The highest BCUT2D eigenvalue weighted by molar-refractivity contribution is 5.82. The summed E-state index contributed by atoms with van der Waals surface area (Å²) in [5.74, 6) is -0.531. The van der Waals surface area contributed by atoms with Gasteiger partial charge in [-0.05, 0) is 26.0 Å². The van der Waals surface area contributed by atoms with Crippen LogP contribution in [0.4, 0.5) is 19.0 Å². The molecule has 0 bridgehead atoms. The van der Waals surface area contributed by atoms with Crippen LogP contribution in [0.15, 0.2) is 18.3 Å². The van der Waals surface area contributed by atoms with Crippen LogP contribution in [0, 0.1) is 5.41 Å². The number of nitrogens with one attached hydrogen (secondary N) is 2. The molecule has 1 amide bonds. The van der Waals surface area contributed by atoms with Crippen LogP contribution in [0.2, 0.25) is 0 Å². The van der Waals surface area contributed by atoms with Crippen molar-refractivity contribution in [1.29, 1.82) is 0 Å². The van der Waals surface area contributed by atoms with E-state index in [-0.39, 0.29) is 18.3 Å². The maximum Gasteiger partial charge on any atom is 0.419 e. The summed E-state index contributed by atoms with van der Waals surface area (Å²) in [4.78, 5) is 15.2. The predicted molar refractivity (Wildman–Crippen MR) is 65.6 cm³/mol. The molecule has 7 heteroatoms. The monoisotopic (exact) mass is 275 g/mol. The summed E-state index contributed by atoms with van der Waals surface area (Å²) in [5, 5.41) is 5.05. The molecule has 1 rings (SSSR count). The van der Waals surface area contributed by atoms with E-state index in [2.05, 4.69) is 15.6 Å². The molecule has 0 saturated carbocycles. The van der Waals surface area contributed by atoms with E-state index in [0.29, 0.717) is 0 Å². The highest BCUT2D eigenvalue weighted by Gasteiger charge is 2.35. The SMILES string of the molecule is CNC(=O)C(C)(C)CNc1ncccc1C(F)(F)F. The number of aromatic nitrogens is 1. The number of rotatable bonds is 4. The number of halogens is 3. The fraction of sp³-hybridized carbons (Fsp3) is 0.500. The van der Waals surface area contributed by atoms with Crippen molar-refractivity contribution in [3.05, 3.63) is 23.9 Å². The van der Waals surface area contributed by atoms with Crippen molar-refractivity contribution >= 4 is 11.7 Å². The summed E-state index contributed by atoms with van der Waals surface area (Å²) in [6, 6.07) is 2.17. The van der Waals surface area contributed by atoms with E-state index < -0.39 is 17.2 Å². The van der Waals surface area contributed by atoms with E-state index in [9.17, 15) is 18.0 Å². The number of carbonyl (C=O) groups is 1. The summed E-state index contributed by atoms with van der Waals surface area (Å²) in [7, 11) is 1.48. The fourth-order valence-electron chi connectivity index (χ4n) is 1.50. The van der Waals surface area contributed by atoms with E-state index in [4.69, 9.17) is 0 Å². The molecule has 0 radical (unpaired) electrons. The first kappa shape index (κ1) is 15.3. The van der Waals surface area contributed by atoms with Crippen LogP contribution in [-0.4, -0.2) is 24.5 Å². The van der Waals surface area contributed by atoms with E-state index >= 15 is 0 Å². The average Bonchev–Trinajstić information content (AvgIpc) is 2.34. The Balaban J connectivity index is 2.87. The molecule has 1 aromatic heterocycles. The second-order valence-electron chi connectivity index (χ2n) is 4.71. The fourth-order valence-corrected chi connectivity index (χ4v) is 1.50. The Labute approximate surface area is 109 Å². The third-order valence-electron chi connectivity index (χ3n) is 2.65. The molecule has 0 atom stereocenters. The lowest BCUT2D eigenvalue weighted by atomic mass is 9.92. The topological polar surface area (TPSA) is 54.0 Å². The van der Waals surface area contributed by atoms with Crippen LogP contribution in [0.1, 0.15) is 19.4 Å². The minimum absolute atomic E-state index is 0.0484. The van der Waals surface area contributed by atoms with E-state index in [1.54, 1.807) is 13.8 Å². The van der Waals surface area contributed by atoms with Gasteiger partial charge in [0.1, 0.15) is 5.82 Å². The van der Waals surface area contributed by atoms with Crippen molar-refractivity contribution in [2.45, 2.75) is 20.0 Å². The first-order chi connectivity index (χ1) is 8.68. The average molecular weight is 275 g/mol. The maximum atomic E-state index is 12.7. The molecule has 0 spiro atoms. The van der Waals surface area contributed by atoms with Crippen molar-refractivity contribution in [2.24, 2.45) is 5.41 Å². The van der Waals surface area contributed by atoms with Crippen LogP contribution >= 0.6 is 0 Å². The van der Waals surface area contributed by atoms with Gasteiger partial charge in [0.25, 0.3) is 0 Å². The van der Waals surface area contributed by atoms with Crippen LogP contribution in [0.25, 0.3) is 0 Å². The van der Waals surface area contributed by atoms with E-state index in [1.165, 1.54) is 19.3 Å². The molecule has 1 heterocycles. The van der Waals surface area contributed by atoms with Crippen molar-refractivity contribution in [2.75, 3.05) is 18.9 Å². The first-order valence-corrected chi connectivity index (χ1v) is 5.67. The minimum atomic E-state index is -4.48. The lowest BCUT2D eigenvalue weighted by Gasteiger charge is -2.24. The molecule has 2 N–H and O–H groups in total. The molecule has 4 nitrogen and oxygen atoms in total. The smallest absolute Gasteiger partial charge is 0.369 e. The third kappa shape index (κ3) is 3.84. The van der Waals surface area contributed by atoms with Gasteiger partial charge >= 0.3 is 6.18 Å². The van der Waals surface area contributed by atoms with Crippen LogP contribution < -0.4 is 10.6 Å². The standard InChI is InChI=1S/C12H16F3N3O/c1-11(2,10(19)16-3)7-18-9-8(12(13,14)15)5-4-6-17-9/h4-6H,7H2,1-3H3,(H,16,19)(H,17,18). The van der Waals surface area contributed by atoms with Gasteiger partial charge in [0.2, 0.25) is 5.91 Å². The molecule has 0 fully saturated rings. The molecule has 0 aliphatic heterocycles. The number of alkyl halides is 3. The van der Waals surface area contributed by atoms with Gasteiger partial charge in [-0.15, -0.1) is 0 Å². The minimum Gasteiger partial charge on any atom is -0.369 e. The van der Waals surface area contributed by atoms with Crippen molar-refractivity contribution < 1.29 is 18.0 Å². The van der Waals surface area contributed by atoms with Crippen LogP contribution in [0.5, 0.6) is 0 Å². The number of hydrogen-bond donors (Lipinski definition) is 2. The summed E-state index contributed by atoms with van der Waals surface area (Å²) in [6.07, 6.45) is -3.21. The highest BCUT2D eigenvalue weighted by atomic mass is 19.4. The van der Waals surface area contributed by atoms with Crippen molar-refractivity contribution in [3.63, 3.8) is 0 Å². The van der Waals surface area contributed by atoms with Gasteiger partial charge in [0.05, 0.1) is 11.0 Å². The van der Waals surface area contributed by atoms with Gasteiger partial charge < -0.3 is 10.6 Å². The third-order valence-corrected chi connectivity index (χ3v) is 2.65. The Hall–Kier alpha value is -1.79. The van der Waals surface area contributed by atoms with Crippen molar-refractivity contribution in [3.8, 4) is 0 Å². The van der Waals surface area contributed by atoms with Gasteiger partial charge in [-0.25, -0.2) is 4.98 Å². The van der Waals surface area contributed by atoms with Crippen LogP contribution in [0.3, 0.4) is 0 Å². The van der Waals surface area contributed by atoms with E-state index in [0.717, 1.165) is 6.07 Å². The Morgan fingerprint density at radius 2 is 2.00 bits per heavy atom. The summed E-state index contributed by atoms with van der Waals surface area (Å²) in [6.45, 7) is 3.32. The molecule has 1 aromatic rings. The molecule has 0 aliphatic rings. The second kappa shape index (κ2) is 5.46. The highest BCUT2D eigenvalue weighted by Crippen LogP contribution is 2.33. The quantitative estimate of drug-likeness (QED) is 0.886. The zero-order chi connectivity index (χ0) is 14.7. The first-order valence-electron chi connectivity index (χ1n) is 5.67. The Kier molecular flexibility index (Phi) is 4.39. The molecule has 19 heavy (non-hydrogen) atoms. The summed E-state index contributed by atoms with van der Waals surface area (Å²) in [5.41, 5.74) is -1.68. The number of amides is 1. The zero-order valence-corrected chi connectivity index (χ0v) is 10.9. The van der Waals surface area contributed by atoms with E-state index in [1.807, 2.05) is 0 Å². The van der Waals surface area contributed by atoms with Gasteiger partial charge in [-0.1, -0.05) is 0 Å². The van der Waals surface area contributed by atoms with Gasteiger partial charge in [0.15, 0.2) is 0 Å². The Morgan fingerprint density at radius 3 is 2.53 bits per heavy atom. The van der Waals surface area contributed by atoms with Crippen molar-refractivity contribution in [1.82, 2.24) is 10.3 Å². The van der Waals surface area contributed by atoms with Crippen LogP contribution in [-0.2, 0) is 11.0 Å². The zero-order valence-electron chi connectivity index (χ0n) is 10.9. The molecular weight excluding hydrogens is 259 g/mol. The van der Waals surface area contributed by atoms with Gasteiger partial charge in [-0.3, -0.25) is 4.79 Å². The molecular formula is C12H16F3N3O. The molecule has 0 aromatic carbocycles. The van der Waals surface area contributed by atoms with Gasteiger partial charge in [-0.2, -0.15) is 13.2 Å². The Morgan fingerprint density at radius 1 is 1.37 bits per heavy atom. The lowest BCUT2D eigenvalue weighted by Crippen LogP contribution is -2.39. The number of anilines is 1. The summed E-state index contributed by atoms with van der Waals surface area (Å²) >= 11 is 0. The molecule has 0 aliphatic carbocycles. The lowest BCUT2D eigenvalue weighted by molar-refractivity contribution is -0.137. The number of hydrogen-bond acceptors (Lipinski definition) is 3. The molecule has 0 saturated heterocycles. The largest absolute Gasteiger partial charge is 0.419 e. The Bertz CT molecular complexity index is 458. The number of carbonyl (C=O) groups excluding carboxylic acids is 1. The summed E-state index contributed by atoms with van der Waals surface area (Å²) < 4.78 is 38.2. The number of pyridine rings is 1. The molecule has 0 unspecified atom stereocenters. The molecule has 106 valence electrons. The second-order valence-corrected chi connectivity index (χ2v) is 4.71. The predicted octanol–water partition coefficient (Wildman–Crippen LogP) is 2.28. The maximum absolute atomic E-state index is 12.7. The number of nitrogens with zero attached hydrogens (tertiary/aromatic N) is 1. The normalized spacial score (nSPS) is 12.1. The van der Waals surface area contributed by atoms with Gasteiger partial charge in [0, 0.05) is 19.8 Å².